The molecule has 2 aromatic carbocycles. The number of aromatic amines is 1. The van der Waals surface area contributed by atoms with Gasteiger partial charge in [-0.2, -0.15) is 9.97 Å². The summed E-state index contributed by atoms with van der Waals surface area (Å²) in [6.07, 6.45) is 0. The molecule has 4 rings (SSSR count). The molecule has 2 aromatic heterocycles. The van der Waals surface area contributed by atoms with Crippen LogP contribution in [0.25, 0.3) is 11.0 Å². The molecular formula is C17H12ClN5O2S2. The second kappa shape index (κ2) is 8.12. The number of fused-ring (bicyclic) bond motifs is 1. The molecule has 27 heavy (non-hydrogen) atoms. The van der Waals surface area contributed by atoms with Crippen LogP contribution in [-0.2, 0) is 11.5 Å². The van der Waals surface area contributed by atoms with Crippen molar-refractivity contribution in [3.63, 3.8) is 0 Å². The summed E-state index contributed by atoms with van der Waals surface area (Å²) in [6, 6.07) is 13.2. The molecule has 0 saturated heterocycles. The summed E-state index contributed by atoms with van der Waals surface area (Å²) in [6.45, 7) is 0. The fourth-order valence-corrected chi connectivity index (χ4v) is 4.17. The summed E-state index contributed by atoms with van der Waals surface area (Å²) >= 11 is 8.80. The van der Waals surface area contributed by atoms with Gasteiger partial charge in [0, 0.05) is 16.5 Å². The first-order valence-corrected chi connectivity index (χ1v) is 10.2. The minimum Gasteiger partial charge on any atom is -0.285 e. The van der Waals surface area contributed by atoms with E-state index in [0.717, 1.165) is 11.1 Å². The normalized spacial score (nSPS) is 11.1. The van der Waals surface area contributed by atoms with Crippen molar-refractivity contribution in [2.45, 2.75) is 21.8 Å². The smallest absolute Gasteiger partial charge is 0.285 e. The van der Waals surface area contributed by atoms with Gasteiger partial charge in [0.2, 0.25) is 0 Å². The van der Waals surface area contributed by atoms with Gasteiger partial charge in [0.1, 0.15) is 11.0 Å². The first-order valence-electron chi connectivity index (χ1n) is 7.85. The van der Waals surface area contributed by atoms with E-state index in [9.17, 15) is 4.79 Å². The second-order valence-electron chi connectivity index (χ2n) is 5.54. The number of thioether (sulfide) groups is 2. The van der Waals surface area contributed by atoms with Gasteiger partial charge in [-0.1, -0.05) is 53.3 Å². The highest BCUT2D eigenvalue weighted by Crippen LogP contribution is 2.24. The Kier molecular flexibility index (Phi) is 5.42. The number of hydrogen-bond acceptors (Lipinski definition) is 8. The van der Waals surface area contributed by atoms with Gasteiger partial charge in [-0.05, 0) is 45.7 Å². The van der Waals surface area contributed by atoms with Crippen molar-refractivity contribution < 1.29 is 4.63 Å². The SMILES string of the molecule is O=c1nc(SCc2cccc(Cl)c2)nc(SCc2ccc3nonc3c2)[nH]1. The van der Waals surface area contributed by atoms with E-state index in [1.165, 1.54) is 23.5 Å². The van der Waals surface area contributed by atoms with Crippen molar-refractivity contribution in [3.8, 4) is 0 Å². The molecule has 0 aliphatic rings. The van der Waals surface area contributed by atoms with E-state index in [1.807, 2.05) is 42.5 Å². The topological polar surface area (TPSA) is 97.6 Å². The maximum absolute atomic E-state index is 11.8. The van der Waals surface area contributed by atoms with E-state index in [0.29, 0.717) is 37.9 Å². The number of rotatable bonds is 6. The van der Waals surface area contributed by atoms with Crippen LogP contribution in [0.5, 0.6) is 0 Å². The van der Waals surface area contributed by atoms with Crippen molar-refractivity contribution in [2.24, 2.45) is 0 Å². The highest BCUT2D eigenvalue weighted by Gasteiger charge is 2.07. The Morgan fingerprint density at radius 2 is 1.78 bits per heavy atom. The van der Waals surface area contributed by atoms with E-state index in [4.69, 9.17) is 16.2 Å². The molecule has 0 amide bonds. The van der Waals surface area contributed by atoms with Crippen LogP contribution in [0, 0.1) is 0 Å². The number of hydrogen-bond donors (Lipinski definition) is 1. The average Bonchev–Trinajstić information content (AvgIpc) is 3.12. The molecule has 7 nitrogen and oxygen atoms in total. The molecule has 0 fully saturated rings. The first-order chi connectivity index (χ1) is 13.2. The van der Waals surface area contributed by atoms with Gasteiger partial charge in [0.25, 0.3) is 0 Å². The van der Waals surface area contributed by atoms with E-state index < -0.39 is 5.69 Å². The van der Waals surface area contributed by atoms with Gasteiger partial charge >= 0.3 is 5.69 Å². The Morgan fingerprint density at radius 1 is 0.963 bits per heavy atom. The lowest BCUT2D eigenvalue weighted by atomic mass is 10.2. The van der Waals surface area contributed by atoms with Crippen LogP contribution in [0.1, 0.15) is 11.1 Å². The van der Waals surface area contributed by atoms with Crippen LogP contribution in [0.3, 0.4) is 0 Å². The fourth-order valence-electron chi connectivity index (χ4n) is 2.32. The van der Waals surface area contributed by atoms with Gasteiger partial charge in [-0.25, -0.2) is 9.42 Å². The molecule has 1 N–H and O–H groups in total. The lowest BCUT2D eigenvalue weighted by molar-refractivity contribution is 0.315. The van der Waals surface area contributed by atoms with Crippen molar-refractivity contribution in [3.05, 3.63) is 69.1 Å². The zero-order valence-corrected chi connectivity index (χ0v) is 16.1. The van der Waals surface area contributed by atoms with Gasteiger partial charge in [0.05, 0.1) is 0 Å². The first kappa shape index (κ1) is 18.0. The highest BCUT2D eigenvalue weighted by atomic mass is 35.5. The molecule has 0 unspecified atom stereocenters. The van der Waals surface area contributed by atoms with Crippen molar-refractivity contribution >= 4 is 46.2 Å². The molecule has 0 saturated carbocycles. The third kappa shape index (κ3) is 4.68. The molecule has 0 atom stereocenters. The molecule has 136 valence electrons. The zero-order valence-electron chi connectivity index (χ0n) is 13.8. The second-order valence-corrected chi connectivity index (χ2v) is 7.88. The van der Waals surface area contributed by atoms with Crippen LogP contribution in [-0.4, -0.2) is 25.3 Å². The van der Waals surface area contributed by atoms with Crippen LogP contribution in [0.15, 0.2) is 62.2 Å². The molecule has 10 heteroatoms. The third-order valence-corrected chi connectivity index (χ3v) is 5.66. The Hall–Kier alpha value is -2.36. The van der Waals surface area contributed by atoms with E-state index >= 15 is 0 Å². The van der Waals surface area contributed by atoms with Gasteiger partial charge < -0.3 is 0 Å². The quantitative estimate of drug-likeness (QED) is 0.471. The fraction of sp³-hybridized carbons (Fsp3) is 0.118. The summed E-state index contributed by atoms with van der Waals surface area (Å²) < 4.78 is 4.70. The largest absolute Gasteiger partial charge is 0.349 e. The van der Waals surface area contributed by atoms with E-state index in [-0.39, 0.29) is 0 Å². The molecule has 2 heterocycles. The Morgan fingerprint density at radius 3 is 2.67 bits per heavy atom. The van der Waals surface area contributed by atoms with E-state index in [2.05, 4.69) is 25.3 Å². The minimum atomic E-state index is -0.419. The molecule has 0 radical (unpaired) electrons. The van der Waals surface area contributed by atoms with Crippen LogP contribution in [0.2, 0.25) is 5.02 Å². The van der Waals surface area contributed by atoms with Gasteiger partial charge in [-0.3, -0.25) is 4.98 Å². The molecule has 0 spiro atoms. The summed E-state index contributed by atoms with van der Waals surface area (Å²) in [5.41, 5.74) is 3.05. The Labute approximate surface area is 166 Å². The molecule has 0 bridgehead atoms. The Bertz CT molecular complexity index is 1150. The highest BCUT2D eigenvalue weighted by molar-refractivity contribution is 7.99. The number of aromatic nitrogens is 5. The summed E-state index contributed by atoms with van der Waals surface area (Å²) in [7, 11) is 0. The maximum atomic E-state index is 11.8. The van der Waals surface area contributed by atoms with Crippen LogP contribution < -0.4 is 5.69 Å². The van der Waals surface area contributed by atoms with Gasteiger partial charge in [-0.15, -0.1) is 0 Å². The Balaban J connectivity index is 1.44. The number of nitrogens with zero attached hydrogens (tertiary/aromatic N) is 4. The summed E-state index contributed by atoms with van der Waals surface area (Å²) in [5, 5.41) is 9.23. The van der Waals surface area contributed by atoms with Gasteiger partial charge in [0.15, 0.2) is 10.3 Å². The average molecular weight is 418 g/mol. The third-order valence-electron chi connectivity index (χ3n) is 3.56. The number of halogens is 1. The lowest BCUT2D eigenvalue weighted by Gasteiger charge is -2.04. The van der Waals surface area contributed by atoms with Crippen LogP contribution >= 0.6 is 35.1 Å². The van der Waals surface area contributed by atoms with E-state index in [1.54, 1.807) is 0 Å². The minimum absolute atomic E-state index is 0.419. The van der Waals surface area contributed by atoms with Crippen LogP contribution in [0.4, 0.5) is 0 Å². The molecule has 0 aliphatic heterocycles. The molecule has 4 aromatic rings. The predicted octanol–water partition coefficient (Wildman–Crippen LogP) is 3.94. The monoisotopic (exact) mass is 417 g/mol. The van der Waals surface area contributed by atoms with Crippen molar-refractivity contribution in [1.29, 1.82) is 0 Å². The predicted molar refractivity (Wildman–Crippen MR) is 105 cm³/mol. The number of nitrogens with one attached hydrogen (secondary N) is 1. The van der Waals surface area contributed by atoms with Crippen molar-refractivity contribution in [1.82, 2.24) is 25.3 Å². The molecule has 0 aliphatic carbocycles. The maximum Gasteiger partial charge on any atom is 0.349 e. The molecular weight excluding hydrogens is 406 g/mol. The zero-order chi connectivity index (χ0) is 18.6. The standard InChI is InChI=1S/C17H12ClN5O2S2/c18-12-3-1-2-10(6-12)8-26-16-19-15(24)20-17(21-16)27-9-11-4-5-13-14(7-11)23-25-22-13/h1-7H,8-9H2,(H,19,20,21,24). The lowest BCUT2D eigenvalue weighted by Crippen LogP contribution is -2.13. The summed E-state index contributed by atoms with van der Waals surface area (Å²) in [4.78, 5) is 22.8. The number of H-pyrrole nitrogens is 1. The van der Waals surface area contributed by atoms with Crippen molar-refractivity contribution in [2.75, 3.05) is 0 Å². The number of benzene rings is 2. The summed E-state index contributed by atoms with van der Waals surface area (Å²) in [5.74, 6) is 1.25.